The molecule has 1 rings (SSSR count). The highest BCUT2D eigenvalue weighted by Gasteiger charge is 2.36. The van der Waals surface area contributed by atoms with Crippen molar-refractivity contribution in [2.75, 3.05) is 6.54 Å². The maximum atomic E-state index is 12.6. The number of aliphatic hydroxyl groups is 1. The second-order valence-corrected chi connectivity index (χ2v) is 5.43. The Hall–Kier alpha value is -1.12. The smallest absolute Gasteiger partial charge is 0.392 e. The first kappa shape index (κ1) is 14.9. The summed E-state index contributed by atoms with van der Waals surface area (Å²) in [5.41, 5.74) is -1.23. The van der Waals surface area contributed by atoms with Crippen molar-refractivity contribution >= 4 is 10.0 Å². The van der Waals surface area contributed by atoms with Crippen LogP contribution in [0.1, 0.15) is 12.5 Å². The van der Waals surface area contributed by atoms with Gasteiger partial charge >= 0.3 is 6.18 Å². The predicted molar refractivity (Wildman–Crippen MR) is 58.3 cm³/mol. The first-order valence-electron chi connectivity index (χ1n) is 4.98. The molecule has 4 nitrogen and oxygen atoms in total. The molecule has 0 heterocycles. The fourth-order valence-corrected chi connectivity index (χ4v) is 2.59. The molecule has 0 aliphatic rings. The average molecular weight is 283 g/mol. The number of aliphatic hydroxyl groups excluding tert-OH is 1. The number of nitrogens with one attached hydrogen (secondary N) is 1. The molecule has 0 aliphatic carbocycles. The van der Waals surface area contributed by atoms with Crippen molar-refractivity contribution in [2.45, 2.75) is 24.1 Å². The van der Waals surface area contributed by atoms with Crippen LogP contribution in [-0.2, 0) is 16.2 Å². The molecular formula is C10H12F3NO3S. The summed E-state index contributed by atoms with van der Waals surface area (Å²) in [5.74, 6) is 0. The van der Waals surface area contributed by atoms with E-state index in [9.17, 15) is 21.6 Å². The van der Waals surface area contributed by atoms with Crippen LogP contribution in [0.5, 0.6) is 0 Å². The molecule has 2 N–H and O–H groups in total. The molecule has 1 aromatic rings. The second-order valence-electron chi connectivity index (χ2n) is 3.69. The molecule has 0 fully saturated rings. The number of alkyl halides is 3. The zero-order valence-corrected chi connectivity index (χ0v) is 10.2. The highest BCUT2D eigenvalue weighted by molar-refractivity contribution is 7.89. The van der Waals surface area contributed by atoms with E-state index < -0.39 is 32.8 Å². The zero-order chi connectivity index (χ0) is 14.0. The fraction of sp³-hybridized carbons (Fsp3) is 0.400. The number of hydrogen-bond donors (Lipinski definition) is 2. The van der Waals surface area contributed by atoms with Gasteiger partial charge in [0.1, 0.15) is 0 Å². The fourth-order valence-electron chi connectivity index (χ4n) is 1.24. The van der Waals surface area contributed by atoms with Gasteiger partial charge in [-0.2, -0.15) is 13.2 Å². The van der Waals surface area contributed by atoms with E-state index in [0.717, 1.165) is 12.1 Å². The first-order valence-corrected chi connectivity index (χ1v) is 6.47. The highest BCUT2D eigenvalue weighted by Crippen LogP contribution is 2.33. The van der Waals surface area contributed by atoms with Crippen molar-refractivity contribution in [1.29, 1.82) is 0 Å². The van der Waals surface area contributed by atoms with Crippen LogP contribution < -0.4 is 4.72 Å². The Morgan fingerprint density at radius 2 is 1.89 bits per heavy atom. The summed E-state index contributed by atoms with van der Waals surface area (Å²) in [5, 5.41) is 8.94. The highest BCUT2D eigenvalue weighted by atomic mass is 32.2. The van der Waals surface area contributed by atoms with Gasteiger partial charge in [-0.15, -0.1) is 0 Å². The largest absolute Gasteiger partial charge is 0.417 e. The van der Waals surface area contributed by atoms with Gasteiger partial charge in [-0.05, 0) is 19.1 Å². The number of halogens is 3. The molecule has 1 atom stereocenters. The molecule has 0 radical (unpaired) electrons. The molecule has 102 valence electrons. The van der Waals surface area contributed by atoms with Crippen LogP contribution >= 0.6 is 0 Å². The summed E-state index contributed by atoms with van der Waals surface area (Å²) in [6.45, 7) is 0.965. The predicted octanol–water partition coefficient (Wildman–Crippen LogP) is 1.36. The standard InChI is InChI=1S/C10H12F3NO3S/c1-7(15)6-14-18(16,17)9-5-3-2-4-8(9)10(11,12)13/h2-5,7,14-15H,6H2,1H3/t7-/m0/s1. The van der Waals surface area contributed by atoms with Crippen molar-refractivity contribution in [2.24, 2.45) is 0 Å². The Bertz CT molecular complexity index is 511. The lowest BCUT2D eigenvalue weighted by molar-refractivity contribution is -0.139. The number of benzene rings is 1. The van der Waals surface area contributed by atoms with E-state index in [1.165, 1.54) is 13.0 Å². The van der Waals surface area contributed by atoms with E-state index in [1.54, 1.807) is 0 Å². The molecular weight excluding hydrogens is 271 g/mol. The molecule has 0 spiro atoms. The SMILES string of the molecule is C[C@H](O)CNS(=O)(=O)c1ccccc1C(F)(F)F. The van der Waals surface area contributed by atoms with Gasteiger partial charge in [0.15, 0.2) is 0 Å². The molecule has 1 aromatic carbocycles. The monoisotopic (exact) mass is 283 g/mol. The molecule has 18 heavy (non-hydrogen) atoms. The van der Waals surface area contributed by atoms with E-state index in [4.69, 9.17) is 5.11 Å². The third kappa shape index (κ3) is 3.69. The Morgan fingerprint density at radius 1 is 1.33 bits per heavy atom. The molecule has 0 saturated heterocycles. The minimum Gasteiger partial charge on any atom is -0.392 e. The van der Waals surface area contributed by atoms with Gasteiger partial charge < -0.3 is 5.11 Å². The van der Waals surface area contributed by atoms with Crippen molar-refractivity contribution in [1.82, 2.24) is 4.72 Å². The quantitative estimate of drug-likeness (QED) is 0.877. The number of rotatable bonds is 4. The van der Waals surface area contributed by atoms with Crippen LogP contribution in [0.3, 0.4) is 0 Å². The van der Waals surface area contributed by atoms with E-state index in [-0.39, 0.29) is 6.54 Å². The lowest BCUT2D eigenvalue weighted by atomic mass is 10.2. The maximum Gasteiger partial charge on any atom is 0.417 e. The third-order valence-corrected chi connectivity index (χ3v) is 3.53. The zero-order valence-electron chi connectivity index (χ0n) is 9.40. The summed E-state index contributed by atoms with van der Waals surface area (Å²) in [4.78, 5) is -0.849. The molecule has 0 aliphatic heterocycles. The van der Waals surface area contributed by atoms with Gasteiger partial charge in [-0.25, -0.2) is 13.1 Å². The van der Waals surface area contributed by atoms with E-state index in [2.05, 4.69) is 0 Å². The third-order valence-electron chi connectivity index (χ3n) is 2.05. The van der Waals surface area contributed by atoms with Crippen LogP contribution in [0, 0.1) is 0 Å². The summed E-state index contributed by atoms with van der Waals surface area (Å²) in [7, 11) is -4.30. The molecule has 0 bridgehead atoms. The van der Waals surface area contributed by atoms with Gasteiger partial charge in [0, 0.05) is 6.54 Å². The second kappa shape index (κ2) is 5.25. The Morgan fingerprint density at radius 3 is 2.39 bits per heavy atom. The van der Waals surface area contributed by atoms with Crippen LogP contribution in [0.4, 0.5) is 13.2 Å². The van der Waals surface area contributed by atoms with Gasteiger partial charge in [-0.1, -0.05) is 12.1 Å². The Balaban J connectivity index is 3.17. The first-order chi connectivity index (χ1) is 8.14. The van der Waals surface area contributed by atoms with Crippen LogP contribution in [0.25, 0.3) is 0 Å². The molecule has 0 amide bonds. The summed E-state index contributed by atoms with van der Waals surface area (Å²) < 4.78 is 63.2. The molecule has 8 heteroatoms. The molecule has 0 aromatic heterocycles. The number of hydrogen-bond acceptors (Lipinski definition) is 3. The summed E-state index contributed by atoms with van der Waals surface area (Å²) >= 11 is 0. The van der Waals surface area contributed by atoms with Gasteiger partial charge in [0.25, 0.3) is 0 Å². The van der Waals surface area contributed by atoms with Gasteiger partial charge in [0.2, 0.25) is 10.0 Å². The van der Waals surface area contributed by atoms with Crippen LogP contribution in [0.15, 0.2) is 29.2 Å². The van der Waals surface area contributed by atoms with Crippen LogP contribution in [0.2, 0.25) is 0 Å². The summed E-state index contributed by atoms with van der Waals surface area (Å²) in [6.07, 6.45) is -5.74. The van der Waals surface area contributed by atoms with E-state index in [0.29, 0.717) is 6.07 Å². The normalized spacial score (nSPS) is 14.5. The van der Waals surface area contributed by atoms with Crippen molar-refractivity contribution in [3.8, 4) is 0 Å². The lowest BCUT2D eigenvalue weighted by Gasteiger charge is -2.14. The van der Waals surface area contributed by atoms with E-state index >= 15 is 0 Å². The van der Waals surface area contributed by atoms with Crippen LogP contribution in [-0.4, -0.2) is 26.2 Å². The van der Waals surface area contributed by atoms with Crippen molar-refractivity contribution in [3.63, 3.8) is 0 Å². The van der Waals surface area contributed by atoms with Crippen molar-refractivity contribution < 1.29 is 26.7 Å². The number of sulfonamides is 1. The minimum atomic E-state index is -4.75. The average Bonchev–Trinajstić information content (AvgIpc) is 2.25. The molecule has 0 unspecified atom stereocenters. The van der Waals surface area contributed by atoms with Gasteiger partial charge in [-0.3, -0.25) is 0 Å². The van der Waals surface area contributed by atoms with Gasteiger partial charge in [0.05, 0.1) is 16.6 Å². The maximum absolute atomic E-state index is 12.6. The minimum absolute atomic E-state index is 0.353. The summed E-state index contributed by atoms with van der Waals surface area (Å²) in [6, 6.07) is 3.87. The Labute approximate surface area is 102 Å². The molecule has 0 saturated carbocycles. The topological polar surface area (TPSA) is 66.4 Å². The van der Waals surface area contributed by atoms with Crippen molar-refractivity contribution in [3.05, 3.63) is 29.8 Å². The van der Waals surface area contributed by atoms with E-state index in [1.807, 2.05) is 4.72 Å². The Kier molecular flexibility index (Phi) is 4.36. The lowest BCUT2D eigenvalue weighted by Crippen LogP contribution is -2.32.